The molecule has 6 heteroatoms. The van der Waals surface area contributed by atoms with E-state index in [1.165, 1.54) is 16.8 Å². The lowest BCUT2D eigenvalue weighted by atomic mass is 10.0. The number of rotatable bonds is 3. The van der Waals surface area contributed by atoms with Crippen LogP contribution in [0.25, 0.3) is 0 Å². The molecule has 1 aromatic rings. The molecule has 0 amide bonds. The summed E-state index contributed by atoms with van der Waals surface area (Å²) in [5.41, 5.74) is -1.02. The van der Waals surface area contributed by atoms with Gasteiger partial charge in [0.2, 0.25) is 0 Å². The maximum absolute atomic E-state index is 11.7. The molecule has 6 nitrogen and oxygen atoms in total. The van der Waals surface area contributed by atoms with Crippen molar-refractivity contribution in [1.29, 1.82) is 0 Å². The van der Waals surface area contributed by atoms with E-state index in [-0.39, 0.29) is 18.2 Å². The van der Waals surface area contributed by atoms with E-state index in [0.717, 1.165) is 0 Å². The van der Waals surface area contributed by atoms with Crippen LogP contribution in [0, 0.1) is 5.92 Å². The second kappa shape index (κ2) is 4.44. The molecule has 0 bridgehead atoms. The third kappa shape index (κ3) is 2.27. The zero-order valence-corrected chi connectivity index (χ0v) is 8.64. The lowest BCUT2D eigenvalue weighted by molar-refractivity contribution is -0.123. The minimum Gasteiger partial charge on any atom is -0.381 e. The minimum atomic E-state index is -0.556. The smallest absolute Gasteiger partial charge is 0.328 e. The number of ketones is 1. The van der Waals surface area contributed by atoms with Crippen molar-refractivity contribution in [3.8, 4) is 0 Å². The summed E-state index contributed by atoms with van der Waals surface area (Å²) in [7, 11) is 0. The summed E-state index contributed by atoms with van der Waals surface area (Å²) in [6.07, 6.45) is 2.03. The highest BCUT2D eigenvalue weighted by atomic mass is 16.5. The molecule has 1 atom stereocenters. The van der Waals surface area contributed by atoms with Crippen molar-refractivity contribution in [2.24, 2.45) is 5.92 Å². The van der Waals surface area contributed by atoms with Crippen LogP contribution in [0.4, 0.5) is 0 Å². The normalized spacial score (nSPS) is 19.9. The summed E-state index contributed by atoms with van der Waals surface area (Å²) >= 11 is 0. The zero-order chi connectivity index (χ0) is 11.5. The molecule has 1 unspecified atom stereocenters. The van der Waals surface area contributed by atoms with Crippen molar-refractivity contribution in [2.45, 2.75) is 13.0 Å². The average molecular weight is 224 g/mol. The van der Waals surface area contributed by atoms with E-state index in [4.69, 9.17) is 4.74 Å². The summed E-state index contributed by atoms with van der Waals surface area (Å²) in [6.45, 7) is 1.01. The first-order valence-corrected chi connectivity index (χ1v) is 5.07. The van der Waals surface area contributed by atoms with Crippen molar-refractivity contribution in [1.82, 2.24) is 9.55 Å². The Hall–Kier alpha value is -1.69. The van der Waals surface area contributed by atoms with Crippen LogP contribution in [0.2, 0.25) is 0 Å². The number of hydrogen-bond acceptors (Lipinski definition) is 4. The lowest BCUT2D eigenvalue weighted by Gasteiger charge is -2.07. The molecular weight excluding hydrogens is 212 g/mol. The van der Waals surface area contributed by atoms with Gasteiger partial charge in [-0.3, -0.25) is 19.1 Å². The molecule has 0 saturated carbocycles. The van der Waals surface area contributed by atoms with Gasteiger partial charge in [0.05, 0.1) is 13.2 Å². The molecule has 0 aromatic carbocycles. The topological polar surface area (TPSA) is 81.2 Å². The molecule has 0 spiro atoms. The van der Waals surface area contributed by atoms with Gasteiger partial charge in [0, 0.05) is 24.8 Å². The van der Waals surface area contributed by atoms with Crippen molar-refractivity contribution < 1.29 is 9.53 Å². The third-order valence-corrected chi connectivity index (χ3v) is 2.61. The number of hydrogen-bond donors (Lipinski definition) is 1. The first-order chi connectivity index (χ1) is 7.66. The second-order valence-electron chi connectivity index (χ2n) is 3.76. The van der Waals surface area contributed by atoms with Crippen molar-refractivity contribution in [3.63, 3.8) is 0 Å². The number of H-pyrrole nitrogens is 1. The van der Waals surface area contributed by atoms with Crippen molar-refractivity contribution in [2.75, 3.05) is 13.2 Å². The van der Waals surface area contributed by atoms with Gasteiger partial charge in [-0.25, -0.2) is 4.79 Å². The zero-order valence-electron chi connectivity index (χ0n) is 8.64. The fourth-order valence-electron chi connectivity index (χ4n) is 1.65. The summed E-state index contributed by atoms with van der Waals surface area (Å²) in [4.78, 5) is 35.9. The van der Waals surface area contributed by atoms with Crippen LogP contribution in [0.5, 0.6) is 0 Å². The highest BCUT2D eigenvalue weighted by Crippen LogP contribution is 2.13. The summed E-state index contributed by atoms with van der Waals surface area (Å²) in [6, 6.07) is 1.22. The molecule has 0 aliphatic carbocycles. The van der Waals surface area contributed by atoms with E-state index in [1.807, 2.05) is 0 Å². The van der Waals surface area contributed by atoms with Crippen LogP contribution in [0.15, 0.2) is 21.9 Å². The maximum atomic E-state index is 11.7. The number of Topliss-reactive ketones (excluding diaryl/α,β-unsaturated/α-hetero) is 1. The molecule has 1 aliphatic rings. The SMILES string of the molecule is O=C(Cn1ccc(=O)[nH]c1=O)C1CCOC1. The Kier molecular flexibility index (Phi) is 3.00. The number of nitrogens with one attached hydrogen (secondary N) is 1. The van der Waals surface area contributed by atoms with Gasteiger partial charge in [-0.05, 0) is 6.42 Å². The standard InChI is InChI=1S/C10H12N2O4/c13-8(7-2-4-16-6-7)5-12-3-1-9(14)11-10(12)15/h1,3,7H,2,4-6H2,(H,11,14,15). The number of aromatic nitrogens is 2. The molecule has 16 heavy (non-hydrogen) atoms. The first kappa shape index (κ1) is 10.8. The van der Waals surface area contributed by atoms with E-state index in [9.17, 15) is 14.4 Å². The highest BCUT2D eigenvalue weighted by Gasteiger charge is 2.23. The molecule has 1 saturated heterocycles. The largest absolute Gasteiger partial charge is 0.381 e. The molecule has 2 rings (SSSR count). The second-order valence-corrected chi connectivity index (χ2v) is 3.76. The van der Waals surface area contributed by atoms with E-state index in [1.54, 1.807) is 0 Å². The van der Waals surface area contributed by atoms with Crippen LogP contribution in [0.1, 0.15) is 6.42 Å². The third-order valence-electron chi connectivity index (χ3n) is 2.61. The quantitative estimate of drug-likeness (QED) is 0.724. The van der Waals surface area contributed by atoms with Crippen LogP contribution in [0.3, 0.4) is 0 Å². The van der Waals surface area contributed by atoms with Crippen molar-refractivity contribution >= 4 is 5.78 Å². The Morgan fingerprint density at radius 3 is 3.00 bits per heavy atom. The molecule has 1 N–H and O–H groups in total. The number of carbonyl (C=O) groups is 1. The van der Waals surface area contributed by atoms with Gasteiger partial charge in [0.25, 0.3) is 5.56 Å². The van der Waals surface area contributed by atoms with Gasteiger partial charge in [-0.1, -0.05) is 0 Å². The Balaban J connectivity index is 2.11. The molecule has 2 heterocycles. The predicted molar refractivity (Wildman–Crippen MR) is 55.3 cm³/mol. The van der Waals surface area contributed by atoms with Gasteiger partial charge < -0.3 is 4.74 Å². The van der Waals surface area contributed by atoms with Crippen LogP contribution in [-0.2, 0) is 16.1 Å². The summed E-state index contributed by atoms with van der Waals surface area (Å²) in [5, 5.41) is 0. The van der Waals surface area contributed by atoms with Gasteiger partial charge in [0.1, 0.15) is 0 Å². The van der Waals surface area contributed by atoms with Gasteiger partial charge in [-0.15, -0.1) is 0 Å². The number of nitrogens with zero attached hydrogens (tertiary/aromatic N) is 1. The Morgan fingerprint density at radius 2 is 2.38 bits per heavy atom. The first-order valence-electron chi connectivity index (χ1n) is 5.07. The fraction of sp³-hybridized carbons (Fsp3) is 0.500. The summed E-state index contributed by atoms with van der Waals surface area (Å²) in [5.74, 6) is -0.162. The van der Waals surface area contributed by atoms with Crippen LogP contribution in [-0.4, -0.2) is 28.5 Å². The van der Waals surface area contributed by atoms with Gasteiger partial charge in [-0.2, -0.15) is 0 Å². The van der Waals surface area contributed by atoms with E-state index in [2.05, 4.69) is 4.98 Å². The summed E-state index contributed by atoms with van der Waals surface area (Å²) < 4.78 is 6.30. The lowest BCUT2D eigenvalue weighted by Crippen LogP contribution is -2.32. The van der Waals surface area contributed by atoms with Crippen molar-refractivity contribution in [3.05, 3.63) is 33.1 Å². The Labute approximate surface area is 90.9 Å². The van der Waals surface area contributed by atoms with E-state index in [0.29, 0.717) is 19.6 Å². The number of carbonyl (C=O) groups excluding carboxylic acids is 1. The molecule has 86 valence electrons. The average Bonchev–Trinajstić information content (AvgIpc) is 2.75. The monoisotopic (exact) mass is 224 g/mol. The van der Waals surface area contributed by atoms with E-state index >= 15 is 0 Å². The molecule has 1 fully saturated rings. The highest BCUT2D eigenvalue weighted by molar-refractivity contribution is 5.81. The Morgan fingerprint density at radius 1 is 1.56 bits per heavy atom. The minimum absolute atomic E-state index is 0.0103. The molecule has 1 aromatic heterocycles. The predicted octanol–water partition coefficient (Wildman–Crippen LogP) is -0.858. The van der Waals surface area contributed by atoms with Crippen LogP contribution < -0.4 is 11.2 Å². The fourth-order valence-corrected chi connectivity index (χ4v) is 1.65. The molecule has 0 radical (unpaired) electrons. The number of ether oxygens (including phenoxy) is 1. The Bertz CT molecular complexity index is 496. The molecular formula is C10H12N2O4. The van der Waals surface area contributed by atoms with Crippen LogP contribution >= 0.6 is 0 Å². The maximum Gasteiger partial charge on any atom is 0.328 e. The molecule has 1 aliphatic heterocycles. The number of aromatic amines is 1. The van der Waals surface area contributed by atoms with Gasteiger partial charge in [0.15, 0.2) is 5.78 Å². The van der Waals surface area contributed by atoms with Gasteiger partial charge >= 0.3 is 5.69 Å². The van der Waals surface area contributed by atoms with E-state index < -0.39 is 11.2 Å².